The SMILES string of the molecule is O=C1c2cc(C#Cc3ccccc3)ccc2OCCN1Cc1ncccn1. The van der Waals surface area contributed by atoms with E-state index in [1.165, 1.54) is 0 Å². The molecule has 5 nitrogen and oxygen atoms in total. The van der Waals surface area contributed by atoms with Gasteiger partial charge in [0.05, 0.1) is 18.7 Å². The van der Waals surface area contributed by atoms with Gasteiger partial charge in [0.2, 0.25) is 0 Å². The maximum Gasteiger partial charge on any atom is 0.258 e. The Morgan fingerprint density at radius 2 is 1.74 bits per heavy atom. The minimum atomic E-state index is -0.0988. The number of aromatic nitrogens is 2. The van der Waals surface area contributed by atoms with Gasteiger partial charge in [0.25, 0.3) is 5.91 Å². The number of nitrogens with zero attached hydrogens (tertiary/aromatic N) is 3. The normalized spacial score (nSPS) is 13.0. The lowest BCUT2D eigenvalue weighted by atomic mass is 10.1. The Hall–Kier alpha value is -3.65. The summed E-state index contributed by atoms with van der Waals surface area (Å²) < 4.78 is 5.75. The van der Waals surface area contributed by atoms with Crippen LogP contribution in [0.15, 0.2) is 67.0 Å². The van der Waals surface area contributed by atoms with Crippen LogP contribution in [-0.2, 0) is 6.54 Å². The highest BCUT2D eigenvalue weighted by atomic mass is 16.5. The second-order valence-electron chi connectivity index (χ2n) is 6.07. The number of rotatable bonds is 2. The zero-order chi connectivity index (χ0) is 18.5. The second-order valence-corrected chi connectivity index (χ2v) is 6.07. The van der Waals surface area contributed by atoms with Crippen LogP contribution in [0.3, 0.4) is 0 Å². The lowest BCUT2D eigenvalue weighted by Crippen LogP contribution is -2.32. The third kappa shape index (κ3) is 3.96. The van der Waals surface area contributed by atoms with Gasteiger partial charge in [-0.2, -0.15) is 0 Å². The van der Waals surface area contributed by atoms with Crippen LogP contribution in [0, 0.1) is 11.8 Å². The van der Waals surface area contributed by atoms with E-state index in [1.54, 1.807) is 29.4 Å². The van der Waals surface area contributed by atoms with Crippen LogP contribution in [0.4, 0.5) is 0 Å². The molecule has 1 aliphatic rings. The van der Waals surface area contributed by atoms with Gasteiger partial charge in [-0.3, -0.25) is 4.79 Å². The molecule has 0 saturated heterocycles. The zero-order valence-electron chi connectivity index (χ0n) is 14.6. The molecule has 1 aliphatic heterocycles. The van der Waals surface area contributed by atoms with Gasteiger partial charge in [0.1, 0.15) is 18.2 Å². The Bertz CT molecular complexity index is 1010. The van der Waals surface area contributed by atoms with Gasteiger partial charge in [-0.25, -0.2) is 9.97 Å². The molecule has 2 aromatic carbocycles. The van der Waals surface area contributed by atoms with E-state index < -0.39 is 0 Å². The van der Waals surface area contributed by atoms with Crippen molar-refractivity contribution in [2.45, 2.75) is 6.54 Å². The van der Waals surface area contributed by atoms with Crippen LogP contribution >= 0.6 is 0 Å². The van der Waals surface area contributed by atoms with Crippen molar-refractivity contribution < 1.29 is 9.53 Å². The third-order valence-corrected chi connectivity index (χ3v) is 4.19. The Kier molecular flexibility index (Phi) is 4.80. The predicted molar refractivity (Wildman–Crippen MR) is 101 cm³/mol. The van der Waals surface area contributed by atoms with Gasteiger partial charge < -0.3 is 9.64 Å². The minimum Gasteiger partial charge on any atom is -0.491 e. The van der Waals surface area contributed by atoms with Crippen molar-refractivity contribution in [3.05, 3.63) is 89.5 Å². The van der Waals surface area contributed by atoms with E-state index >= 15 is 0 Å². The summed E-state index contributed by atoms with van der Waals surface area (Å²) >= 11 is 0. The fourth-order valence-electron chi connectivity index (χ4n) is 2.84. The fourth-order valence-corrected chi connectivity index (χ4v) is 2.84. The molecular formula is C22H17N3O2. The largest absolute Gasteiger partial charge is 0.491 e. The van der Waals surface area contributed by atoms with E-state index in [9.17, 15) is 4.79 Å². The quantitative estimate of drug-likeness (QED) is 0.663. The smallest absolute Gasteiger partial charge is 0.258 e. The van der Waals surface area contributed by atoms with Gasteiger partial charge in [-0.1, -0.05) is 30.0 Å². The number of hydrogen-bond donors (Lipinski definition) is 0. The van der Waals surface area contributed by atoms with E-state index in [1.807, 2.05) is 42.5 Å². The number of benzene rings is 2. The summed E-state index contributed by atoms with van der Waals surface area (Å²) in [5.41, 5.74) is 2.22. The molecule has 2 heterocycles. The fraction of sp³-hybridized carbons (Fsp3) is 0.136. The molecule has 1 amide bonds. The van der Waals surface area contributed by atoms with Crippen molar-refractivity contribution in [3.8, 4) is 17.6 Å². The summed E-state index contributed by atoms with van der Waals surface area (Å²) in [5, 5.41) is 0. The molecule has 0 aliphatic carbocycles. The number of hydrogen-bond acceptors (Lipinski definition) is 4. The highest BCUT2D eigenvalue weighted by Gasteiger charge is 2.24. The molecule has 132 valence electrons. The molecule has 4 rings (SSSR count). The number of carbonyl (C=O) groups is 1. The highest BCUT2D eigenvalue weighted by molar-refractivity contribution is 5.97. The molecule has 0 radical (unpaired) electrons. The van der Waals surface area contributed by atoms with Gasteiger partial charge in [0.15, 0.2) is 0 Å². The average Bonchev–Trinajstić information content (AvgIpc) is 2.87. The molecule has 5 heteroatoms. The topological polar surface area (TPSA) is 55.3 Å². The van der Waals surface area contributed by atoms with Crippen molar-refractivity contribution in [1.29, 1.82) is 0 Å². The van der Waals surface area contributed by atoms with Crippen LogP contribution in [0.5, 0.6) is 5.75 Å². The summed E-state index contributed by atoms with van der Waals surface area (Å²) in [4.78, 5) is 23.1. The van der Waals surface area contributed by atoms with Crippen LogP contribution in [0.25, 0.3) is 0 Å². The Morgan fingerprint density at radius 3 is 2.56 bits per heavy atom. The number of ether oxygens (including phenoxy) is 1. The first-order chi connectivity index (χ1) is 13.3. The Morgan fingerprint density at radius 1 is 0.963 bits per heavy atom. The molecule has 0 N–H and O–H groups in total. The Labute approximate surface area is 157 Å². The first kappa shape index (κ1) is 16.8. The van der Waals surface area contributed by atoms with E-state index in [-0.39, 0.29) is 5.91 Å². The van der Waals surface area contributed by atoms with Crippen LogP contribution in [0.1, 0.15) is 27.3 Å². The van der Waals surface area contributed by atoms with Crippen LogP contribution < -0.4 is 4.74 Å². The Balaban J connectivity index is 1.61. The second kappa shape index (κ2) is 7.71. The van der Waals surface area contributed by atoms with Gasteiger partial charge >= 0.3 is 0 Å². The molecule has 0 saturated carbocycles. The molecule has 3 aromatic rings. The molecule has 1 aromatic heterocycles. The van der Waals surface area contributed by atoms with E-state index in [4.69, 9.17) is 4.74 Å². The third-order valence-electron chi connectivity index (χ3n) is 4.19. The highest BCUT2D eigenvalue weighted by Crippen LogP contribution is 2.24. The van der Waals surface area contributed by atoms with E-state index in [2.05, 4.69) is 21.8 Å². The molecule has 0 unspecified atom stereocenters. The van der Waals surface area contributed by atoms with Gasteiger partial charge in [-0.05, 0) is 36.4 Å². The average molecular weight is 355 g/mol. The lowest BCUT2D eigenvalue weighted by Gasteiger charge is -2.18. The summed E-state index contributed by atoms with van der Waals surface area (Å²) in [7, 11) is 0. The summed E-state index contributed by atoms with van der Waals surface area (Å²) in [6.07, 6.45) is 3.35. The molecule has 0 bridgehead atoms. The molecular weight excluding hydrogens is 338 g/mol. The van der Waals surface area contributed by atoms with E-state index in [0.717, 1.165) is 11.1 Å². The van der Waals surface area contributed by atoms with Gasteiger partial charge in [0, 0.05) is 23.5 Å². The van der Waals surface area contributed by atoms with Gasteiger partial charge in [-0.15, -0.1) is 0 Å². The molecule has 27 heavy (non-hydrogen) atoms. The molecule has 0 atom stereocenters. The summed E-state index contributed by atoms with van der Waals surface area (Å²) in [6, 6.07) is 17.0. The van der Waals surface area contributed by atoms with Crippen molar-refractivity contribution in [2.24, 2.45) is 0 Å². The summed E-state index contributed by atoms with van der Waals surface area (Å²) in [6.45, 7) is 1.26. The zero-order valence-corrected chi connectivity index (χ0v) is 14.6. The standard InChI is InChI=1S/C22H17N3O2/c26-22-19-15-18(8-7-17-5-2-1-3-6-17)9-10-20(19)27-14-13-25(22)16-21-23-11-4-12-24-21/h1-6,9-12,15H,13-14,16H2. The lowest BCUT2D eigenvalue weighted by molar-refractivity contribution is 0.0738. The van der Waals surface area contributed by atoms with Crippen molar-refractivity contribution >= 4 is 5.91 Å². The number of amides is 1. The van der Waals surface area contributed by atoms with Crippen LogP contribution in [-0.4, -0.2) is 33.9 Å². The maximum absolute atomic E-state index is 13.0. The first-order valence-corrected chi connectivity index (χ1v) is 8.69. The minimum absolute atomic E-state index is 0.0988. The first-order valence-electron chi connectivity index (χ1n) is 8.69. The molecule has 0 fully saturated rings. The van der Waals surface area contributed by atoms with Crippen molar-refractivity contribution in [2.75, 3.05) is 13.2 Å². The monoisotopic (exact) mass is 355 g/mol. The van der Waals surface area contributed by atoms with E-state index in [0.29, 0.717) is 36.8 Å². The maximum atomic E-state index is 13.0. The summed E-state index contributed by atoms with van der Waals surface area (Å²) in [5.74, 6) is 7.32. The predicted octanol–water partition coefficient (Wildman–Crippen LogP) is 2.91. The molecule has 0 spiro atoms. The van der Waals surface area contributed by atoms with Crippen LogP contribution in [0.2, 0.25) is 0 Å². The number of fused-ring (bicyclic) bond motifs is 1. The number of carbonyl (C=O) groups excluding carboxylic acids is 1. The van der Waals surface area contributed by atoms with Crippen molar-refractivity contribution in [1.82, 2.24) is 14.9 Å². The van der Waals surface area contributed by atoms with Crippen molar-refractivity contribution in [3.63, 3.8) is 0 Å².